The molecule has 0 bridgehead atoms. The van der Waals surface area contributed by atoms with E-state index in [1.54, 1.807) is 71.3 Å². The summed E-state index contributed by atoms with van der Waals surface area (Å²) in [5.74, 6) is 3.64. The Bertz CT molecular complexity index is 6400. The van der Waals surface area contributed by atoms with Crippen LogP contribution in [0.2, 0.25) is 0 Å². The van der Waals surface area contributed by atoms with Crippen LogP contribution < -0.4 is 22.9 Å². The number of hydrogen-bond acceptors (Lipinski definition) is 28. The van der Waals surface area contributed by atoms with Crippen molar-refractivity contribution in [3.63, 3.8) is 0 Å². The van der Waals surface area contributed by atoms with Gasteiger partial charge in [-0.15, -0.1) is 0 Å². The Morgan fingerprint density at radius 3 is 0.839 bits per heavy atom. The molecule has 0 spiro atoms. The number of fused-ring (bicyclic) bond motifs is 8. The van der Waals surface area contributed by atoms with Gasteiger partial charge >= 0.3 is 11.9 Å². The fraction of sp³-hybridized carbons (Fsp3) is 0.292. The molecule has 26 nitrogen and oxygen atoms in total. The number of carbonyl (C=O) groups excluding carboxylic acids is 4. The minimum atomic E-state index is -0.673. The first-order chi connectivity index (χ1) is 69.5. The molecule has 740 valence electrons. The lowest BCUT2D eigenvalue weighted by Crippen LogP contribution is -2.54. The van der Waals surface area contributed by atoms with Gasteiger partial charge in [0, 0.05) is 179 Å². The number of aromatic hydroxyl groups is 2. The van der Waals surface area contributed by atoms with Crippen molar-refractivity contribution in [1.82, 2.24) is 39.2 Å². The van der Waals surface area contributed by atoms with Crippen LogP contribution >= 0.6 is 47.0 Å². The maximum atomic E-state index is 13.0. The van der Waals surface area contributed by atoms with E-state index in [9.17, 15) is 29.4 Å². The maximum absolute atomic E-state index is 13.0. The van der Waals surface area contributed by atoms with Gasteiger partial charge in [0.15, 0.2) is 0 Å². The van der Waals surface area contributed by atoms with Crippen molar-refractivity contribution >= 4 is 117 Å². The molecule has 4 unspecified atom stereocenters. The Morgan fingerprint density at radius 2 is 0.531 bits per heavy atom. The smallest absolute Gasteiger partial charge is 0.323 e. The molecule has 4 fully saturated rings. The molecule has 0 radical (unpaired) electrons. The van der Waals surface area contributed by atoms with Crippen molar-refractivity contribution in [1.29, 1.82) is 0 Å². The van der Waals surface area contributed by atoms with Crippen molar-refractivity contribution in [2.24, 2.45) is 42.9 Å². The van der Waals surface area contributed by atoms with Gasteiger partial charge in [0.05, 0.1) is 61.3 Å². The molecule has 8 aliphatic rings. The number of ether oxygens (including phenoxy) is 4. The van der Waals surface area contributed by atoms with Gasteiger partial charge in [0.25, 0.3) is 0 Å². The van der Waals surface area contributed by atoms with Crippen LogP contribution in [0.5, 0.6) is 11.5 Å². The van der Waals surface area contributed by atoms with Crippen LogP contribution in [0, 0.1) is 0 Å². The molecule has 8 heterocycles. The van der Waals surface area contributed by atoms with E-state index in [0.717, 1.165) is 188 Å². The first kappa shape index (κ1) is 103. The molecule has 20 rings (SSSR count). The highest BCUT2D eigenvalue weighted by Crippen LogP contribution is 2.46. The fourth-order valence-corrected chi connectivity index (χ4v) is 22.0. The molecule has 0 saturated carbocycles. The zero-order chi connectivity index (χ0) is 97.9. The summed E-state index contributed by atoms with van der Waals surface area (Å²) in [5, 5.41) is 19.9. The molecule has 8 aliphatic heterocycles. The number of aliphatic imine (C=N–C) groups is 4. The van der Waals surface area contributed by atoms with Crippen LogP contribution in [0.4, 0.5) is 22.7 Å². The Morgan fingerprint density at radius 1 is 0.280 bits per heavy atom. The minimum Gasteiger partial charge on any atom is -0.508 e. The molecule has 12 aromatic carbocycles. The van der Waals surface area contributed by atoms with Gasteiger partial charge in [-0.25, -0.2) is 20.0 Å². The Hall–Kier alpha value is -12.9. The number of esters is 2. The summed E-state index contributed by atoms with van der Waals surface area (Å²) >= 11 is 6.80. The zero-order valence-electron chi connectivity index (χ0n) is 79.4. The minimum absolute atomic E-state index is 0. The molecule has 2 amide bonds. The van der Waals surface area contributed by atoms with E-state index in [0.29, 0.717) is 91.4 Å². The standard InChI is InChI=1S/C30H34N4O4S.C30H34N4O3S.C26H26N4O2S.C26H26N4OS.CH4/c31-25(20-22-6-2-1-3-7-22)30(36)38-19-18-37-17-16-33-12-14-34(15-13-33)29-24-8-4-5-9-27(24)39-28-21-23(35)10-11-26(28)32-29;31-25(22-23-8-2-1-3-9-23)30(35)37-21-20-36-19-18-33-14-16-34(17-15-33)29-24-10-4-6-12-27(24)38-28-13-7-5-11-26(28)32-29;27-21(16-18-6-2-1-3-7-18)26(32)30-14-12-29(13-15-30)25-20-8-4-5-9-23(20)33-24-17-19(31)10-11-22(24)28-25;27-21(18-19-8-2-1-3-9-19)26(31)30-16-14-29(15-17-30)25-20-10-4-6-12-23(20)32-24-13-7-5-11-22(24)28-25;/h1-11,21,25,35H,12-20,31H2;1-13,25H,14-22,31H2;1-11,17,21,31H,12-16,27H2;1-13,21H,14-18,27H2;1H4. The first-order valence-corrected chi connectivity index (χ1v) is 51.7. The maximum Gasteiger partial charge on any atom is 0.323 e. The number of hydrogen-bond donors (Lipinski definition) is 6. The molecule has 10 N–H and O–H groups in total. The molecule has 143 heavy (non-hydrogen) atoms. The number of amides is 2. The number of benzene rings is 12. The predicted molar refractivity (Wildman–Crippen MR) is 571 cm³/mol. The highest BCUT2D eigenvalue weighted by Gasteiger charge is 2.35. The quantitative estimate of drug-likeness (QED) is 0.0242. The number of phenols is 2. The largest absolute Gasteiger partial charge is 0.508 e. The summed E-state index contributed by atoms with van der Waals surface area (Å²) in [6.45, 7) is 16.6. The SMILES string of the molecule is C.NC(Cc1ccccc1)C(=O)N1CCN(C2=Nc3ccc(O)cc3Sc3ccccc32)CC1.NC(Cc1ccccc1)C(=O)N1CCN(C2=Nc3ccccc3Sc3ccccc32)CC1.NC(Cc1ccccc1)C(=O)OCCOCCN1CCN(C2=Nc3ccc(O)cc3Sc3ccccc32)CC1.NC(Cc1ccccc1)C(=O)OCCOCCN1CCN(C2=Nc3ccccc3Sc3ccccc32)CC1. The number of rotatable bonds is 24. The first-order valence-electron chi connectivity index (χ1n) is 48.5. The summed E-state index contributed by atoms with van der Waals surface area (Å²) < 4.78 is 22.0. The van der Waals surface area contributed by atoms with Gasteiger partial charge in [0.2, 0.25) is 11.8 Å². The monoisotopic (exact) mass is 1990 g/mol. The van der Waals surface area contributed by atoms with Gasteiger partial charge < -0.3 is 81.5 Å². The van der Waals surface area contributed by atoms with Crippen LogP contribution in [0.15, 0.2) is 362 Å². The van der Waals surface area contributed by atoms with E-state index in [2.05, 4.69) is 145 Å². The van der Waals surface area contributed by atoms with E-state index >= 15 is 0 Å². The van der Waals surface area contributed by atoms with E-state index in [1.165, 1.54) is 20.2 Å². The van der Waals surface area contributed by atoms with E-state index in [-0.39, 0.29) is 44.0 Å². The Labute approximate surface area is 854 Å². The predicted octanol–water partition coefficient (Wildman–Crippen LogP) is 15.9. The summed E-state index contributed by atoms with van der Waals surface area (Å²) in [6.07, 6.45) is 2.03. The van der Waals surface area contributed by atoms with Crippen molar-refractivity contribution in [2.75, 3.05) is 157 Å². The lowest BCUT2D eigenvalue weighted by molar-refractivity contribution is -0.147. The van der Waals surface area contributed by atoms with Crippen LogP contribution in [0.25, 0.3) is 0 Å². The number of phenolic OH excluding ortho intramolecular Hbond substituents is 2. The molecular formula is C113H124N16O10S4. The topological polar surface area (TPSA) is 325 Å². The average Bonchev–Trinajstić information content (AvgIpc) is 1.69. The third-order valence-electron chi connectivity index (χ3n) is 25.5. The summed E-state index contributed by atoms with van der Waals surface area (Å²) in [6, 6.07) is 97.6. The number of amidine groups is 4. The number of carbonyl (C=O) groups is 4. The van der Waals surface area contributed by atoms with Crippen LogP contribution in [-0.4, -0.2) is 278 Å². The van der Waals surface area contributed by atoms with Crippen molar-refractivity contribution in [3.05, 3.63) is 348 Å². The van der Waals surface area contributed by atoms with Gasteiger partial charge in [-0.1, -0.05) is 273 Å². The number of nitrogens with two attached hydrogens (primary N) is 4. The van der Waals surface area contributed by atoms with Crippen molar-refractivity contribution in [2.45, 2.75) is 96.4 Å². The summed E-state index contributed by atoms with van der Waals surface area (Å²) in [5.41, 5.74) is 36.9. The van der Waals surface area contributed by atoms with E-state index in [4.69, 9.17) is 61.9 Å². The van der Waals surface area contributed by atoms with Crippen LogP contribution in [0.3, 0.4) is 0 Å². The molecule has 4 saturated heterocycles. The van der Waals surface area contributed by atoms with Crippen molar-refractivity contribution in [3.8, 4) is 11.5 Å². The molecular weight excluding hydrogens is 1870 g/mol. The molecule has 0 aliphatic carbocycles. The molecule has 4 atom stereocenters. The number of piperazine rings is 4. The van der Waals surface area contributed by atoms with Gasteiger partial charge in [-0.05, 0) is 133 Å². The second-order valence-electron chi connectivity index (χ2n) is 35.4. The highest BCUT2D eigenvalue weighted by molar-refractivity contribution is 8.00. The molecule has 30 heteroatoms. The Balaban J connectivity index is 0.000000137. The highest BCUT2D eigenvalue weighted by atomic mass is 32.2. The molecule has 12 aromatic rings. The van der Waals surface area contributed by atoms with E-state index in [1.807, 2.05) is 174 Å². The fourth-order valence-electron chi connectivity index (χ4n) is 17.9. The average molecular weight is 1990 g/mol. The molecule has 0 aromatic heterocycles. The van der Waals surface area contributed by atoms with Crippen LogP contribution in [-0.2, 0) is 63.8 Å². The number of nitrogens with zero attached hydrogens (tertiary/aromatic N) is 12. The third kappa shape index (κ3) is 28.0. The van der Waals surface area contributed by atoms with Crippen LogP contribution in [0.1, 0.15) is 51.9 Å². The third-order valence-corrected chi connectivity index (χ3v) is 30.0. The Kier molecular flexibility index (Phi) is 37.0. The van der Waals surface area contributed by atoms with Gasteiger partial charge in [-0.2, -0.15) is 0 Å². The zero-order valence-corrected chi connectivity index (χ0v) is 82.7. The van der Waals surface area contributed by atoms with E-state index < -0.39 is 36.1 Å². The summed E-state index contributed by atoms with van der Waals surface area (Å²) in [4.78, 5) is 97.1. The summed E-state index contributed by atoms with van der Waals surface area (Å²) in [7, 11) is 0. The second-order valence-corrected chi connectivity index (χ2v) is 39.7. The van der Waals surface area contributed by atoms with Gasteiger partial charge in [-0.3, -0.25) is 29.0 Å². The van der Waals surface area contributed by atoms with Crippen molar-refractivity contribution < 1.29 is 48.3 Å². The number of para-hydroxylation sites is 2. The lowest BCUT2D eigenvalue weighted by Gasteiger charge is -2.37. The second kappa shape index (κ2) is 51.3. The van der Waals surface area contributed by atoms with Gasteiger partial charge in [0.1, 0.15) is 60.1 Å². The lowest BCUT2D eigenvalue weighted by atomic mass is 10.1. The normalized spacial score (nSPS) is 16.1.